The third kappa shape index (κ3) is 43.1. The van der Waals surface area contributed by atoms with Gasteiger partial charge in [0.15, 0.2) is 5.79 Å². The van der Waals surface area contributed by atoms with Crippen molar-refractivity contribution in [2.45, 2.75) is 291 Å². The smallest absolute Gasteiger partial charge is 0.168 e. The average Bonchev–Trinajstić information content (AvgIpc) is 3.70. The van der Waals surface area contributed by atoms with Crippen LogP contribution in [0.15, 0.2) is 0 Å². The van der Waals surface area contributed by atoms with E-state index in [0.29, 0.717) is 12.0 Å². The molecule has 62 heavy (non-hydrogen) atoms. The van der Waals surface area contributed by atoms with E-state index in [4.69, 9.17) is 24.1 Å². The summed E-state index contributed by atoms with van der Waals surface area (Å²) in [5.41, 5.74) is 0. The van der Waals surface area contributed by atoms with Crippen molar-refractivity contribution in [1.29, 1.82) is 0 Å². The summed E-state index contributed by atoms with van der Waals surface area (Å²) in [4.78, 5) is 20.9. The number of aliphatic hydroxyl groups is 1. The first-order chi connectivity index (χ1) is 30.3. The van der Waals surface area contributed by atoms with E-state index in [0.717, 1.165) is 64.8 Å². The molecule has 0 aromatic carbocycles. The summed E-state index contributed by atoms with van der Waals surface area (Å²) in [5.74, 6) is 1.36. The first-order valence-corrected chi connectivity index (χ1v) is 27.0. The van der Waals surface area contributed by atoms with Gasteiger partial charge in [0, 0.05) is 52.7 Å². The van der Waals surface area contributed by atoms with Crippen LogP contribution in [0.3, 0.4) is 0 Å². The standard InChI is InChI=1S/C40H81NO3.C13H26O.CH4O.CH2O/c1-7-9-22-28-38(29-23-10-8-2)30-24-18-14-11-12-15-19-25-32-40(33-26-20-16-13-17-21-27-35-42-6)43-36-39(44-40)31-34-41(5)37(3)4;1-3-5-7-9-13(11-12-14)10-8-6-4-2;2*1-2/h37-39H,7-36H2,1-6H3;12-13H,3-11H2,1-2H3;2H,1H3;1H2. The van der Waals surface area contributed by atoms with Gasteiger partial charge in [-0.25, -0.2) is 0 Å². The van der Waals surface area contributed by atoms with Crippen molar-refractivity contribution >= 4 is 13.1 Å². The number of nitrogens with zero attached hydrogens (tertiary/aromatic N) is 1. The van der Waals surface area contributed by atoms with Gasteiger partial charge in [-0.2, -0.15) is 0 Å². The molecule has 0 spiro atoms. The van der Waals surface area contributed by atoms with Gasteiger partial charge < -0.3 is 33.8 Å². The average molecular weight is 885 g/mol. The van der Waals surface area contributed by atoms with E-state index >= 15 is 0 Å². The number of unbranched alkanes of at least 4 members (excludes halogenated alkanes) is 21. The molecule has 1 aliphatic rings. The van der Waals surface area contributed by atoms with Crippen molar-refractivity contribution in [3.05, 3.63) is 0 Å². The number of carbonyl (C=O) groups is 2. The molecule has 7 heteroatoms. The number of hydrogen-bond acceptors (Lipinski definition) is 7. The lowest BCUT2D eigenvalue weighted by Crippen LogP contribution is -2.33. The summed E-state index contributed by atoms with van der Waals surface area (Å²) in [6.07, 6.45) is 48.8. The monoisotopic (exact) mass is 884 g/mol. The fourth-order valence-corrected chi connectivity index (χ4v) is 8.85. The topological polar surface area (TPSA) is 85.3 Å². The van der Waals surface area contributed by atoms with E-state index < -0.39 is 0 Å². The molecule has 2 atom stereocenters. The lowest BCUT2D eigenvalue weighted by molar-refractivity contribution is -0.180. The van der Waals surface area contributed by atoms with Crippen molar-refractivity contribution < 1.29 is 28.9 Å². The molecule has 0 radical (unpaired) electrons. The Morgan fingerprint density at radius 3 is 1.37 bits per heavy atom. The largest absolute Gasteiger partial charge is 0.400 e. The van der Waals surface area contributed by atoms with Crippen molar-refractivity contribution in [1.82, 2.24) is 4.90 Å². The summed E-state index contributed by atoms with van der Waals surface area (Å²) in [6, 6.07) is 0.583. The Morgan fingerprint density at radius 1 is 0.613 bits per heavy atom. The van der Waals surface area contributed by atoms with Crippen LogP contribution in [0, 0.1) is 11.8 Å². The molecule has 374 valence electrons. The predicted octanol–water partition coefficient (Wildman–Crippen LogP) is 16.0. The van der Waals surface area contributed by atoms with Crippen LogP contribution in [0.1, 0.15) is 273 Å². The number of rotatable bonds is 43. The Kier molecular flexibility index (Phi) is 55.7. The van der Waals surface area contributed by atoms with Gasteiger partial charge in [0.2, 0.25) is 0 Å². The van der Waals surface area contributed by atoms with E-state index in [9.17, 15) is 4.79 Å². The minimum Gasteiger partial charge on any atom is -0.400 e. The second-order valence-corrected chi connectivity index (χ2v) is 19.0. The predicted molar refractivity (Wildman–Crippen MR) is 270 cm³/mol. The lowest BCUT2D eigenvalue weighted by atomic mass is 9.90. The Hall–Kier alpha value is -0.860. The molecule has 0 aliphatic carbocycles. The Bertz CT molecular complexity index is 825. The highest BCUT2D eigenvalue weighted by Gasteiger charge is 2.40. The minimum absolute atomic E-state index is 0.259. The van der Waals surface area contributed by atoms with Gasteiger partial charge in [-0.1, -0.05) is 214 Å². The number of ether oxygens (including phenoxy) is 3. The molecule has 0 saturated carbocycles. The maximum Gasteiger partial charge on any atom is 0.168 e. The van der Waals surface area contributed by atoms with E-state index in [2.05, 4.69) is 53.5 Å². The van der Waals surface area contributed by atoms with E-state index in [1.54, 1.807) is 7.11 Å². The van der Waals surface area contributed by atoms with Gasteiger partial charge in [-0.3, -0.25) is 0 Å². The first-order valence-electron chi connectivity index (χ1n) is 27.0. The molecule has 0 aromatic rings. The van der Waals surface area contributed by atoms with Crippen LogP contribution in [0.5, 0.6) is 0 Å². The number of methoxy groups -OCH3 is 1. The zero-order valence-corrected chi connectivity index (χ0v) is 43.6. The lowest BCUT2D eigenvalue weighted by Gasteiger charge is -2.29. The first kappa shape index (κ1) is 65.4. The molecular weight excluding hydrogens is 771 g/mol. The zero-order chi connectivity index (χ0) is 46.8. The summed E-state index contributed by atoms with van der Waals surface area (Å²) in [7, 11) is 5.03. The minimum atomic E-state index is -0.315. The fourth-order valence-electron chi connectivity index (χ4n) is 8.85. The van der Waals surface area contributed by atoms with Crippen LogP contribution in [0.4, 0.5) is 0 Å². The van der Waals surface area contributed by atoms with Crippen molar-refractivity contribution in [2.24, 2.45) is 11.8 Å². The van der Waals surface area contributed by atoms with Crippen molar-refractivity contribution in [3.63, 3.8) is 0 Å². The Balaban J connectivity index is -0.00000162. The highest BCUT2D eigenvalue weighted by atomic mass is 16.7. The normalized spacial score (nSPS) is 16.0. The highest BCUT2D eigenvalue weighted by Crippen LogP contribution is 2.36. The molecule has 0 amide bonds. The highest BCUT2D eigenvalue weighted by molar-refractivity contribution is 5.49. The quantitative estimate of drug-likeness (QED) is 0.0482. The van der Waals surface area contributed by atoms with Crippen LogP contribution in [0.25, 0.3) is 0 Å². The van der Waals surface area contributed by atoms with E-state index in [1.807, 2.05) is 6.79 Å². The van der Waals surface area contributed by atoms with Gasteiger partial charge in [-0.15, -0.1) is 0 Å². The second-order valence-electron chi connectivity index (χ2n) is 19.0. The summed E-state index contributed by atoms with van der Waals surface area (Å²) >= 11 is 0. The zero-order valence-electron chi connectivity index (χ0n) is 43.6. The maximum absolute atomic E-state index is 10.5. The second kappa shape index (κ2) is 52.8. The molecular formula is C55H113NO6. The Morgan fingerprint density at radius 2 is 0.984 bits per heavy atom. The number of carbonyl (C=O) groups excluding carboxylic acids is 2. The molecule has 1 N–H and O–H groups in total. The van der Waals surface area contributed by atoms with E-state index in [-0.39, 0.29) is 11.9 Å². The third-order valence-corrected chi connectivity index (χ3v) is 13.2. The van der Waals surface area contributed by atoms with Gasteiger partial charge in [0.25, 0.3) is 0 Å². The molecule has 2 unspecified atom stereocenters. The van der Waals surface area contributed by atoms with Crippen LogP contribution >= 0.6 is 0 Å². The third-order valence-electron chi connectivity index (χ3n) is 13.2. The molecule has 1 fully saturated rings. The molecule has 1 rings (SSSR count). The van der Waals surface area contributed by atoms with Gasteiger partial charge >= 0.3 is 0 Å². The fraction of sp³-hybridized carbons (Fsp3) is 0.964. The summed E-state index contributed by atoms with van der Waals surface area (Å²) < 4.78 is 18.4. The van der Waals surface area contributed by atoms with Crippen LogP contribution in [-0.4, -0.2) is 82.0 Å². The SMILES string of the molecule is C=O.CCCCCC(CC=O)CCCCC.CCCCCC(CCCCC)CCCCCCCCCCC1(CCCCCCCCCOC)OCC(CCN(C)C(C)C)O1.CO. The Labute approximate surface area is 389 Å². The molecule has 1 aliphatic heterocycles. The molecule has 0 aromatic heterocycles. The van der Waals surface area contributed by atoms with Crippen molar-refractivity contribution in [2.75, 3.05) is 41.0 Å². The molecule has 0 bridgehead atoms. The van der Waals surface area contributed by atoms with Gasteiger partial charge in [0.05, 0.1) is 12.7 Å². The number of aldehydes is 1. The van der Waals surface area contributed by atoms with Crippen LogP contribution in [-0.2, 0) is 23.8 Å². The molecule has 1 heterocycles. The molecule has 1 saturated heterocycles. The van der Waals surface area contributed by atoms with Crippen LogP contribution in [0.2, 0.25) is 0 Å². The summed E-state index contributed by atoms with van der Waals surface area (Å²) in [6.45, 7) is 18.4. The molecule has 7 nitrogen and oxygen atoms in total. The van der Waals surface area contributed by atoms with Gasteiger partial charge in [-0.05, 0) is 58.4 Å². The maximum atomic E-state index is 10.5. The summed E-state index contributed by atoms with van der Waals surface area (Å²) in [5, 5.41) is 7.00. The van der Waals surface area contributed by atoms with Crippen molar-refractivity contribution in [3.8, 4) is 0 Å². The van der Waals surface area contributed by atoms with E-state index in [1.165, 1.54) is 205 Å². The van der Waals surface area contributed by atoms with Crippen LogP contribution < -0.4 is 0 Å². The van der Waals surface area contributed by atoms with Gasteiger partial charge in [0.1, 0.15) is 13.1 Å². The number of aliphatic hydroxyl groups excluding tert-OH is 1. The number of hydrogen-bond donors (Lipinski definition) is 1.